The van der Waals surface area contributed by atoms with Crippen LogP contribution in [0, 0.1) is 52.8 Å². The van der Waals surface area contributed by atoms with Crippen LogP contribution < -0.4 is 0 Å². The molecule has 0 aromatic carbocycles. The molecule has 7 atom stereocenters. The monoisotopic (exact) mass is 556 g/mol. The van der Waals surface area contributed by atoms with E-state index < -0.39 is 62.9 Å². The summed E-state index contributed by atoms with van der Waals surface area (Å²) in [5, 5.41) is -5.78. The normalized spacial score (nSPS) is 44.8. The fourth-order valence-corrected chi connectivity index (χ4v) is 10.0. The van der Waals surface area contributed by atoms with Crippen molar-refractivity contribution >= 4 is 22.1 Å². The highest BCUT2D eigenvalue weighted by molar-refractivity contribution is 7.86. The van der Waals surface area contributed by atoms with Crippen LogP contribution in [0.25, 0.3) is 0 Å². The van der Waals surface area contributed by atoms with E-state index in [0.717, 1.165) is 38.5 Å². The largest absolute Gasteiger partial charge is 0.461 e. The minimum absolute atomic E-state index is 0.0467. The molecule has 7 fully saturated rings. The van der Waals surface area contributed by atoms with Gasteiger partial charge < -0.3 is 9.47 Å². The molecule has 1 N–H and O–H groups in total. The number of rotatable bonds is 6. The highest BCUT2D eigenvalue weighted by Crippen LogP contribution is 2.65. The number of alkyl halides is 5. The first-order valence-electron chi connectivity index (χ1n) is 12.9. The number of hydrogen-bond donors (Lipinski definition) is 1. The molecular weight excluding hydrogens is 527 g/mol. The third-order valence-corrected chi connectivity index (χ3v) is 11.3. The van der Waals surface area contributed by atoms with Gasteiger partial charge in [0.1, 0.15) is 6.10 Å². The summed E-state index contributed by atoms with van der Waals surface area (Å²) in [5.74, 6) is -2.92. The first-order chi connectivity index (χ1) is 17.1. The second-order valence-electron chi connectivity index (χ2n) is 12.5. The summed E-state index contributed by atoms with van der Waals surface area (Å²) in [7, 11) is -6.52. The van der Waals surface area contributed by atoms with E-state index in [0.29, 0.717) is 37.0 Å². The number of ether oxygens (including phenoxy) is 2. The van der Waals surface area contributed by atoms with Crippen LogP contribution in [0.15, 0.2) is 0 Å². The molecule has 0 saturated heterocycles. The maximum Gasteiger partial charge on any atom is 0.432 e. The smallest absolute Gasteiger partial charge is 0.432 e. The summed E-state index contributed by atoms with van der Waals surface area (Å²) in [6.45, 7) is 0. The number of halogens is 5. The third-order valence-electron chi connectivity index (χ3n) is 10.4. The van der Waals surface area contributed by atoms with Crippen LogP contribution >= 0.6 is 0 Å². The summed E-state index contributed by atoms with van der Waals surface area (Å²) in [4.78, 5) is 26.5. The van der Waals surface area contributed by atoms with Crippen LogP contribution in [0.5, 0.6) is 0 Å². The molecule has 37 heavy (non-hydrogen) atoms. The van der Waals surface area contributed by atoms with Gasteiger partial charge in [0.15, 0.2) is 0 Å². The maximum atomic E-state index is 14.0. The van der Waals surface area contributed by atoms with Crippen molar-refractivity contribution < 1.29 is 54.0 Å². The molecule has 7 rings (SSSR count). The lowest BCUT2D eigenvalue weighted by Gasteiger charge is -2.55. The fourth-order valence-electron chi connectivity index (χ4n) is 9.56. The van der Waals surface area contributed by atoms with Crippen LogP contribution in [0.4, 0.5) is 22.0 Å². The first kappa shape index (κ1) is 25.8. The molecule has 7 unspecified atom stereocenters. The van der Waals surface area contributed by atoms with Crippen LogP contribution in [0.2, 0.25) is 0 Å². The van der Waals surface area contributed by atoms with Crippen molar-refractivity contribution in [1.82, 2.24) is 0 Å². The van der Waals surface area contributed by atoms with E-state index in [1.54, 1.807) is 0 Å². The predicted molar refractivity (Wildman–Crippen MR) is 114 cm³/mol. The van der Waals surface area contributed by atoms with E-state index in [-0.39, 0.29) is 17.8 Å². The minimum Gasteiger partial charge on any atom is -0.461 e. The van der Waals surface area contributed by atoms with Crippen LogP contribution in [-0.4, -0.2) is 48.5 Å². The quantitative estimate of drug-likeness (QED) is 0.294. The van der Waals surface area contributed by atoms with E-state index in [2.05, 4.69) is 4.74 Å². The summed E-state index contributed by atoms with van der Waals surface area (Å²) < 4.78 is 109. The average Bonchev–Trinajstić information content (AvgIpc) is 3.38. The molecule has 0 heterocycles. The van der Waals surface area contributed by atoms with Gasteiger partial charge in [-0.3, -0.25) is 14.1 Å². The molecule has 0 radical (unpaired) electrons. The molecule has 7 aliphatic carbocycles. The SMILES string of the molecule is O=C(OC(C(F)(F)F)C(F)(F)S(=O)(=O)O)C1C2CCC3C2CC1C3OC(=O)C12CC3CC(CC(C3)C1)C2. The number of hydrogen-bond acceptors (Lipinski definition) is 6. The van der Waals surface area contributed by atoms with Crippen molar-refractivity contribution in [2.45, 2.75) is 81.4 Å². The zero-order chi connectivity index (χ0) is 26.7. The van der Waals surface area contributed by atoms with E-state index in [9.17, 15) is 40.0 Å². The molecule has 0 aromatic heterocycles. The van der Waals surface area contributed by atoms with Crippen molar-refractivity contribution in [2.75, 3.05) is 0 Å². The van der Waals surface area contributed by atoms with Gasteiger partial charge in [-0.2, -0.15) is 30.4 Å². The van der Waals surface area contributed by atoms with Crippen molar-refractivity contribution in [3.8, 4) is 0 Å². The van der Waals surface area contributed by atoms with Gasteiger partial charge in [-0.25, -0.2) is 0 Å². The van der Waals surface area contributed by atoms with Crippen LogP contribution in [0.3, 0.4) is 0 Å². The standard InChI is InChI=1S/C24H29F5O7S/c25-23(26,27)20(24(28,29)37(32,33)34)36-19(30)17-13-1-2-14-15(13)6-16(17)18(14)35-21(31)22-7-10-3-11(8-22)5-12(4-10)9-22/h10-18,20H,1-9H2,(H,32,33,34). The second-order valence-corrected chi connectivity index (χ2v) is 14.0. The number of esters is 2. The lowest BCUT2D eigenvalue weighted by Crippen LogP contribution is -2.54. The van der Waals surface area contributed by atoms with Gasteiger partial charge in [0, 0.05) is 5.92 Å². The topological polar surface area (TPSA) is 107 Å². The van der Waals surface area contributed by atoms with Gasteiger partial charge in [0.05, 0.1) is 11.3 Å². The first-order valence-corrected chi connectivity index (χ1v) is 14.4. The zero-order valence-corrected chi connectivity index (χ0v) is 20.6. The van der Waals surface area contributed by atoms with Crippen molar-refractivity contribution in [3.63, 3.8) is 0 Å². The molecular formula is C24H29F5O7S. The number of fused-ring (bicyclic) bond motifs is 1. The van der Waals surface area contributed by atoms with Gasteiger partial charge >= 0.3 is 33.5 Å². The molecule has 7 nitrogen and oxygen atoms in total. The summed E-state index contributed by atoms with van der Waals surface area (Å²) >= 11 is 0. The Balaban J connectivity index is 1.21. The predicted octanol–water partition coefficient (Wildman–Crippen LogP) is 4.36. The lowest BCUT2D eigenvalue weighted by atomic mass is 9.49. The number of carbonyl (C=O) groups is 2. The molecule has 0 aliphatic heterocycles. The Hall–Kier alpha value is -1.50. The van der Waals surface area contributed by atoms with E-state index >= 15 is 0 Å². The van der Waals surface area contributed by atoms with Crippen LogP contribution in [-0.2, 0) is 29.2 Å². The summed E-state index contributed by atoms with van der Waals surface area (Å²) in [5.41, 5.74) is -0.566. The second kappa shape index (κ2) is 8.02. The Morgan fingerprint density at radius 3 is 1.89 bits per heavy atom. The zero-order valence-electron chi connectivity index (χ0n) is 19.8. The van der Waals surface area contributed by atoms with E-state index in [1.807, 2.05) is 0 Å². The van der Waals surface area contributed by atoms with Crippen molar-refractivity contribution in [1.29, 1.82) is 0 Å². The van der Waals surface area contributed by atoms with E-state index in [1.165, 1.54) is 0 Å². The van der Waals surface area contributed by atoms with Gasteiger partial charge in [-0.1, -0.05) is 0 Å². The Morgan fingerprint density at radius 2 is 1.38 bits per heavy atom. The van der Waals surface area contributed by atoms with Crippen molar-refractivity contribution in [3.05, 3.63) is 0 Å². The Kier molecular flexibility index (Phi) is 5.58. The van der Waals surface area contributed by atoms with Gasteiger partial charge in [-0.15, -0.1) is 0 Å². The molecule has 0 aromatic rings. The molecule has 0 spiro atoms. The molecule has 7 saturated carbocycles. The highest BCUT2D eigenvalue weighted by Gasteiger charge is 2.69. The molecule has 7 aliphatic rings. The molecule has 6 bridgehead atoms. The van der Waals surface area contributed by atoms with Crippen LogP contribution in [0.1, 0.15) is 57.8 Å². The maximum absolute atomic E-state index is 14.0. The minimum atomic E-state index is -6.52. The number of carbonyl (C=O) groups excluding carboxylic acids is 2. The summed E-state index contributed by atoms with van der Waals surface area (Å²) in [6.07, 6.45) is -3.94. The summed E-state index contributed by atoms with van der Waals surface area (Å²) in [6, 6.07) is 0. The Morgan fingerprint density at radius 1 is 0.838 bits per heavy atom. The fraction of sp³-hybridized carbons (Fsp3) is 0.917. The van der Waals surface area contributed by atoms with E-state index in [4.69, 9.17) is 9.29 Å². The van der Waals surface area contributed by atoms with Gasteiger partial charge in [0.2, 0.25) is 0 Å². The average molecular weight is 557 g/mol. The van der Waals surface area contributed by atoms with Gasteiger partial charge in [0.25, 0.3) is 6.10 Å². The molecule has 0 amide bonds. The lowest BCUT2D eigenvalue weighted by molar-refractivity contribution is -0.262. The third kappa shape index (κ3) is 3.83. The highest BCUT2D eigenvalue weighted by atomic mass is 32.2. The van der Waals surface area contributed by atoms with Gasteiger partial charge in [-0.05, 0) is 93.3 Å². The molecule has 208 valence electrons. The Bertz CT molecular complexity index is 1070. The van der Waals surface area contributed by atoms with Crippen molar-refractivity contribution in [2.24, 2.45) is 52.8 Å². The molecule has 13 heteroatoms. The Labute approximate surface area is 210 Å².